The van der Waals surface area contributed by atoms with Gasteiger partial charge in [-0.15, -0.1) is 0 Å². The van der Waals surface area contributed by atoms with E-state index in [0.717, 1.165) is 4.47 Å². The van der Waals surface area contributed by atoms with Gasteiger partial charge in [-0.2, -0.15) is 5.26 Å². The zero-order valence-corrected chi connectivity index (χ0v) is 20.1. The van der Waals surface area contributed by atoms with Crippen molar-refractivity contribution in [3.05, 3.63) is 104 Å². The van der Waals surface area contributed by atoms with Crippen molar-refractivity contribution in [3.8, 4) is 17.2 Å². The lowest BCUT2D eigenvalue weighted by Crippen LogP contribution is -2.28. The number of amides is 1. The van der Waals surface area contributed by atoms with Crippen LogP contribution in [0.1, 0.15) is 32.8 Å². The highest BCUT2D eigenvalue weighted by atomic mass is 79.9. The third-order valence-electron chi connectivity index (χ3n) is 5.58. The zero-order valence-electron chi connectivity index (χ0n) is 18.5. The van der Waals surface area contributed by atoms with Crippen molar-refractivity contribution in [1.29, 1.82) is 5.26 Å². The number of carbonyl (C=O) groups excluding carboxylic acids is 1. The van der Waals surface area contributed by atoms with Crippen LogP contribution in [0.4, 0.5) is 0 Å². The van der Waals surface area contributed by atoms with E-state index in [9.17, 15) is 19.5 Å². The van der Waals surface area contributed by atoms with E-state index in [-0.39, 0.29) is 31.1 Å². The first-order chi connectivity index (χ1) is 16.9. The number of benzene rings is 3. The fourth-order valence-corrected chi connectivity index (χ4v) is 4.33. The molecule has 0 unspecified atom stereocenters. The number of carbonyl (C=O) groups is 2. The number of aromatic nitrogens is 1. The van der Waals surface area contributed by atoms with Crippen molar-refractivity contribution in [3.63, 3.8) is 0 Å². The van der Waals surface area contributed by atoms with E-state index in [4.69, 9.17) is 5.26 Å². The molecule has 0 spiro atoms. The highest BCUT2D eigenvalue weighted by molar-refractivity contribution is 9.10. The molecule has 4 rings (SSSR count). The molecule has 7 nitrogen and oxygen atoms in total. The number of hydrogen-bond donors (Lipinski definition) is 2. The van der Waals surface area contributed by atoms with Gasteiger partial charge in [0.15, 0.2) is 0 Å². The number of rotatable bonds is 7. The van der Waals surface area contributed by atoms with E-state index >= 15 is 0 Å². The van der Waals surface area contributed by atoms with Gasteiger partial charge < -0.3 is 10.4 Å². The van der Waals surface area contributed by atoms with Gasteiger partial charge in [-0.1, -0.05) is 58.4 Å². The number of pyridine rings is 1. The van der Waals surface area contributed by atoms with Crippen LogP contribution in [0.2, 0.25) is 0 Å². The van der Waals surface area contributed by atoms with Crippen molar-refractivity contribution >= 4 is 38.6 Å². The summed E-state index contributed by atoms with van der Waals surface area (Å²) in [6.07, 6.45) is 0.215. The Morgan fingerprint density at radius 3 is 2.37 bits per heavy atom. The molecule has 1 aromatic heterocycles. The van der Waals surface area contributed by atoms with Gasteiger partial charge in [0.25, 0.3) is 11.5 Å². The van der Waals surface area contributed by atoms with Crippen LogP contribution in [0, 0.1) is 11.3 Å². The number of halogens is 1. The molecule has 0 aliphatic heterocycles. The number of fused-ring (bicyclic) bond motifs is 1. The van der Waals surface area contributed by atoms with E-state index in [1.54, 1.807) is 42.5 Å². The Balaban J connectivity index is 1.83. The first-order valence-electron chi connectivity index (χ1n) is 10.8. The van der Waals surface area contributed by atoms with Gasteiger partial charge >= 0.3 is 5.97 Å². The van der Waals surface area contributed by atoms with Crippen molar-refractivity contribution in [2.75, 3.05) is 6.54 Å². The fourth-order valence-electron chi connectivity index (χ4n) is 3.97. The zero-order chi connectivity index (χ0) is 24.9. The molecule has 2 N–H and O–H groups in total. The molecule has 3 aromatic carbocycles. The van der Waals surface area contributed by atoms with Crippen LogP contribution in [-0.2, 0) is 6.54 Å². The molecule has 0 saturated carbocycles. The Morgan fingerprint density at radius 1 is 1.00 bits per heavy atom. The van der Waals surface area contributed by atoms with Crippen LogP contribution in [0.15, 0.2) is 82.1 Å². The SMILES string of the molecule is N#CCCNC(=O)c1ccc(Cn2c(C(=O)O)c(-c3ccccc3)c3cc(Br)ccc3c2=O)cc1. The number of carboxylic acids is 1. The average molecular weight is 530 g/mol. The van der Waals surface area contributed by atoms with Crippen LogP contribution in [0.3, 0.4) is 0 Å². The first kappa shape index (κ1) is 23.9. The minimum atomic E-state index is -1.21. The number of hydrogen-bond acceptors (Lipinski definition) is 4. The normalized spacial score (nSPS) is 10.6. The van der Waals surface area contributed by atoms with Crippen LogP contribution in [-0.4, -0.2) is 28.1 Å². The largest absolute Gasteiger partial charge is 0.477 e. The van der Waals surface area contributed by atoms with E-state index in [1.165, 1.54) is 4.57 Å². The van der Waals surface area contributed by atoms with Gasteiger partial charge in [-0.05, 0) is 46.8 Å². The summed E-state index contributed by atoms with van der Waals surface area (Å²) in [6.45, 7) is 0.270. The Labute approximate surface area is 209 Å². The van der Waals surface area contributed by atoms with E-state index < -0.39 is 11.5 Å². The summed E-state index contributed by atoms with van der Waals surface area (Å²) in [5, 5.41) is 22.4. The maximum Gasteiger partial charge on any atom is 0.353 e. The van der Waals surface area contributed by atoms with Crippen molar-refractivity contribution < 1.29 is 14.7 Å². The lowest BCUT2D eigenvalue weighted by atomic mass is 9.96. The maximum absolute atomic E-state index is 13.5. The number of nitriles is 1. The van der Waals surface area contributed by atoms with Gasteiger partial charge in [0, 0.05) is 27.5 Å². The summed E-state index contributed by atoms with van der Waals surface area (Å²) < 4.78 is 2.00. The number of carboxylic acid groups (broad SMARTS) is 1. The molecular formula is C27H20BrN3O4. The fraction of sp³-hybridized carbons (Fsp3) is 0.111. The average Bonchev–Trinajstić information content (AvgIpc) is 2.86. The Bertz CT molecular complexity index is 1520. The summed E-state index contributed by atoms with van der Waals surface area (Å²) in [4.78, 5) is 38.2. The predicted molar refractivity (Wildman–Crippen MR) is 136 cm³/mol. The van der Waals surface area contributed by atoms with Crippen molar-refractivity contribution in [2.45, 2.75) is 13.0 Å². The second-order valence-electron chi connectivity index (χ2n) is 7.84. The molecule has 0 bridgehead atoms. The monoisotopic (exact) mass is 529 g/mol. The summed E-state index contributed by atoms with van der Waals surface area (Å²) in [6, 6.07) is 22.9. The second-order valence-corrected chi connectivity index (χ2v) is 8.75. The summed E-state index contributed by atoms with van der Waals surface area (Å²) in [5.74, 6) is -1.52. The predicted octanol–water partition coefficient (Wildman–Crippen LogP) is 4.82. The number of nitrogens with zero attached hydrogens (tertiary/aromatic N) is 2. The molecule has 0 aliphatic rings. The smallest absolute Gasteiger partial charge is 0.353 e. The van der Waals surface area contributed by atoms with Gasteiger partial charge in [0.1, 0.15) is 5.69 Å². The van der Waals surface area contributed by atoms with Gasteiger partial charge in [-0.3, -0.25) is 14.2 Å². The highest BCUT2D eigenvalue weighted by Crippen LogP contribution is 2.32. The number of aromatic carboxylic acids is 1. The topological polar surface area (TPSA) is 112 Å². The second kappa shape index (κ2) is 10.4. The van der Waals surface area contributed by atoms with Gasteiger partial charge in [0.2, 0.25) is 0 Å². The Morgan fingerprint density at radius 2 is 1.71 bits per heavy atom. The summed E-state index contributed by atoms with van der Waals surface area (Å²) >= 11 is 3.43. The molecule has 8 heteroatoms. The summed E-state index contributed by atoms with van der Waals surface area (Å²) in [5.41, 5.74) is 1.70. The quantitative estimate of drug-likeness (QED) is 0.333. The Hall–Kier alpha value is -4.22. The molecule has 1 heterocycles. The lowest BCUT2D eigenvalue weighted by Gasteiger charge is -2.18. The first-order valence-corrected chi connectivity index (χ1v) is 11.6. The standard InChI is InChI=1S/C27H20BrN3O4/c28-20-11-12-21-22(15-20)23(18-5-2-1-3-6-18)24(27(34)35)31(26(21)33)16-17-7-9-19(10-8-17)25(32)30-14-4-13-29/h1-3,5-12,15H,4,14,16H2,(H,30,32)(H,34,35). The van der Waals surface area contributed by atoms with Gasteiger partial charge in [0.05, 0.1) is 19.0 Å². The van der Waals surface area contributed by atoms with Crippen LogP contribution in [0.5, 0.6) is 0 Å². The molecule has 0 radical (unpaired) electrons. The molecule has 35 heavy (non-hydrogen) atoms. The summed E-state index contributed by atoms with van der Waals surface area (Å²) in [7, 11) is 0. The maximum atomic E-state index is 13.5. The minimum Gasteiger partial charge on any atom is -0.477 e. The molecule has 0 saturated heterocycles. The molecule has 1 amide bonds. The highest BCUT2D eigenvalue weighted by Gasteiger charge is 2.23. The third kappa shape index (κ3) is 5.00. The van der Waals surface area contributed by atoms with Crippen molar-refractivity contribution in [1.82, 2.24) is 9.88 Å². The Kier molecular flexibility index (Phi) is 7.09. The third-order valence-corrected chi connectivity index (χ3v) is 6.07. The van der Waals surface area contributed by atoms with Crippen LogP contribution >= 0.6 is 15.9 Å². The molecule has 4 aromatic rings. The van der Waals surface area contributed by atoms with Gasteiger partial charge in [-0.25, -0.2) is 4.79 Å². The van der Waals surface area contributed by atoms with E-state index in [1.807, 2.05) is 36.4 Å². The van der Waals surface area contributed by atoms with E-state index in [2.05, 4.69) is 21.2 Å². The van der Waals surface area contributed by atoms with Crippen LogP contribution in [0.25, 0.3) is 21.9 Å². The lowest BCUT2D eigenvalue weighted by molar-refractivity contribution is 0.0685. The molecule has 0 aliphatic carbocycles. The molecule has 174 valence electrons. The molecular weight excluding hydrogens is 510 g/mol. The molecule has 0 fully saturated rings. The minimum absolute atomic E-state index is 0.0165. The van der Waals surface area contributed by atoms with Crippen LogP contribution < -0.4 is 10.9 Å². The molecule has 0 atom stereocenters. The van der Waals surface area contributed by atoms with E-state index in [0.29, 0.717) is 33.0 Å². The van der Waals surface area contributed by atoms with Crippen molar-refractivity contribution in [2.24, 2.45) is 0 Å². The number of nitrogens with one attached hydrogen (secondary N) is 1.